The van der Waals surface area contributed by atoms with Gasteiger partial charge in [-0.25, -0.2) is 8.42 Å². The smallest absolute Gasteiger partial charge is 0.243 e. The summed E-state index contributed by atoms with van der Waals surface area (Å²) in [5, 5.41) is 0.700. The number of halogens is 1. The Hall–Kier alpha value is -0.920. The van der Waals surface area contributed by atoms with Gasteiger partial charge in [-0.1, -0.05) is 28.1 Å². The van der Waals surface area contributed by atoms with Crippen LogP contribution < -0.4 is 5.73 Å². The lowest BCUT2D eigenvalue weighted by atomic mass is 9.94. The molecule has 0 radical (unpaired) electrons. The van der Waals surface area contributed by atoms with Crippen LogP contribution in [-0.4, -0.2) is 31.7 Å². The van der Waals surface area contributed by atoms with Crippen molar-refractivity contribution in [2.45, 2.75) is 29.5 Å². The second-order valence-electron chi connectivity index (χ2n) is 5.30. The van der Waals surface area contributed by atoms with Gasteiger partial charge in [0.2, 0.25) is 15.9 Å². The molecule has 21 heavy (non-hydrogen) atoms. The molecule has 1 aliphatic heterocycles. The van der Waals surface area contributed by atoms with Crippen molar-refractivity contribution in [1.82, 2.24) is 4.31 Å². The first-order valence-corrected chi connectivity index (χ1v) is 9.43. The molecule has 0 aliphatic carbocycles. The predicted octanol–water partition coefficient (Wildman–Crippen LogP) is 1.86. The molecule has 5 nitrogen and oxygen atoms in total. The number of alkyl halides is 1. The van der Waals surface area contributed by atoms with Crippen molar-refractivity contribution in [3.05, 3.63) is 29.8 Å². The van der Waals surface area contributed by atoms with Gasteiger partial charge in [-0.3, -0.25) is 4.79 Å². The van der Waals surface area contributed by atoms with E-state index in [9.17, 15) is 13.2 Å². The highest BCUT2D eigenvalue weighted by molar-refractivity contribution is 9.08. The average Bonchev–Trinajstić information content (AvgIpc) is 2.47. The Balaban J connectivity index is 2.05. The first-order chi connectivity index (χ1) is 9.93. The fourth-order valence-electron chi connectivity index (χ4n) is 2.54. The van der Waals surface area contributed by atoms with Crippen LogP contribution in [0.25, 0.3) is 0 Å². The standard InChI is InChI=1S/C14H19BrN2O3S/c15-10-12-1-3-13(4-2-12)21(19,20)17-7-5-11(6-8-17)9-14(16)18/h1-4,11H,5-10H2,(H2,16,18). The molecule has 0 spiro atoms. The summed E-state index contributed by atoms with van der Waals surface area (Å²) in [5.74, 6) is -0.119. The Morgan fingerprint density at radius 3 is 2.29 bits per heavy atom. The summed E-state index contributed by atoms with van der Waals surface area (Å²) in [6.07, 6.45) is 1.71. The second kappa shape index (κ2) is 6.89. The molecule has 1 aliphatic rings. The number of piperidine rings is 1. The predicted molar refractivity (Wildman–Crippen MR) is 84.4 cm³/mol. The number of benzene rings is 1. The van der Waals surface area contributed by atoms with Gasteiger partial charge in [0.25, 0.3) is 0 Å². The molecule has 0 unspecified atom stereocenters. The number of nitrogens with zero attached hydrogens (tertiary/aromatic N) is 1. The minimum absolute atomic E-state index is 0.199. The quantitative estimate of drug-likeness (QED) is 0.798. The lowest BCUT2D eigenvalue weighted by Crippen LogP contribution is -2.39. The number of rotatable bonds is 5. The highest BCUT2D eigenvalue weighted by atomic mass is 79.9. The van der Waals surface area contributed by atoms with Gasteiger partial charge in [0.15, 0.2) is 0 Å². The van der Waals surface area contributed by atoms with Gasteiger partial charge in [-0.05, 0) is 36.5 Å². The van der Waals surface area contributed by atoms with E-state index < -0.39 is 10.0 Å². The van der Waals surface area contributed by atoms with Crippen LogP contribution >= 0.6 is 15.9 Å². The first kappa shape index (κ1) is 16.5. The van der Waals surface area contributed by atoms with Crippen LogP contribution in [0.3, 0.4) is 0 Å². The summed E-state index contributed by atoms with van der Waals surface area (Å²) < 4.78 is 26.6. The fourth-order valence-corrected chi connectivity index (χ4v) is 4.38. The third-order valence-electron chi connectivity index (χ3n) is 3.78. The monoisotopic (exact) mass is 374 g/mol. The number of carbonyl (C=O) groups is 1. The summed E-state index contributed by atoms with van der Waals surface area (Å²) in [4.78, 5) is 11.2. The first-order valence-electron chi connectivity index (χ1n) is 6.87. The average molecular weight is 375 g/mol. The minimum Gasteiger partial charge on any atom is -0.370 e. The van der Waals surface area contributed by atoms with E-state index in [0.29, 0.717) is 42.6 Å². The lowest BCUT2D eigenvalue weighted by molar-refractivity contribution is -0.119. The van der Waals surface area contributed by atoms with Gasteiger partial charge in [0.05, 0.1) is 4.90 Å². The fraction of sp³-hybridized carbons (Fsp3) is 0.500. The Kier molecular flexibility index (Phi) is 5.40. The van der Waals surface area contributed by atoms with E-state index in [4.69, 9.17) is 5.73 Å². The van der Waals surface area contributed by atoms with Gasteiger partial charge >= 0.3 is 0 Å². The number of hydrogen-bond acceptors (Lipinski definition) is 3. The highest BCUT2D eigenvalue weighted by Crippen LogP contribution is 2.25. The number of amides is 1. The van der Waals surface area contributed by atoms with Gasteiger partial charge in [0.1, 0.15) is 0 Å². The highest BCUT2D eigenvalue weighted by Gasteiger charge is 2.29. The van der Waals surface area contributed by atoms with Crippen LogP contribution in [0, 0.1) is 5.92 Å². The van der Waals surface area contributed by atoms with E-state index in [2.05, 4.69) is 15.9 Å². The van der Waals surface area contributed by atoms with E-state index in [1.54, 1.807) is 12.1 Å². The maximum absolute atomic E-state index is 12.5. The van der Waals surface area contributed by atoms with Crippen LogP contribution in [0.4, 0.5) is 0 Å². The number of nitrogens with two attached hydrogens (primary N) is 1. The number of primary amides is 1. The largest absolute Gasteiger partial charge is 0.370 e. The molecule has 1 amide bonds. The lowest BCUT2D eigenvalue weighted by Gasteiger charge is -2.30. The van der Waals surface area contributed by atoms with E-state index >= 15 is 0 Å². The molecular formula is C14H19BrN2O3S. The molecule has 1 heterocycles. The maximum Gasteiger partial charge on any atom is 0.243 e. The van der Waals surface area contributed by atoms with E-state index in [1.807, 2.05) is 12.1 Å². The normalized spacial score (nSPS) is 17.8. The molecule has 1 fully saturated rings. The summed E-state index contributed by atoms with van der Waals surface area (Å²) >= 11 is 3.34. The maximum atomic E-state index is 12.5. The number of sulfonamides is 1. The molecule has 1 aromatic rings. The SMILES string of the molecule is NC(=O)CC1CCN(S(=O)(=O)c2ccc(CBr)cc2)CC1. The van der Waals surface area contributed by atoms with Crippen molar-refractivity contribution in [1.29, 1.82) is 0 Å². The molecule has 2 N–H and O–H groups in total. The van der Waals surface area contributed by atoms with Crippen molar-refractivity contribution in [2.24, 2.45) is 11.7 Å². The molecule has 1 saturated heterocycles. The number of hydrogen-bond donors (Lipinski definition) is 1. The van der Waals surface area contributed by atoms with Crippen molar-refractivity contribution in [3.63, 3.8) is 0 Å². The van der Waals surface area contributed by atoms with Crippen molar-refractivity contribution in [2.75, 3.05) is 13.1 Å². The molecule has 0 saturated carbocycles. The van der Waals surface area contributed by atoms with Crippen molar-refractivity contribution in [3.8, 4) is 0 Å². The molecule has 0 atom stereocenters. The summed E-state index contributed by atoms with van der Waals surface area (Å²) in [5.41, 5.74) is 6.22. The summed E-state index contributed by atoms with van der Waals surface area (Å²) in [6, 6.07) is 6.89. The van der Waals surface area contributed by atoms with Crippen molar-refractivity contribution < 1.29 is 13.2 Å². The van der Waals surface area contributed by atoms with Gasteiger partial charge in [-0.15, -0.1) is 0 Å². The molecule has 0 bridgehead atoms. The molecule has 1 aromatic carbocycles. The zero-order valence-corrected chi connectivity index (χ0v) is 14.1. The Morgan fingerprint density at radius 2 is 1.81 bits per heavy atom. The number of carbonyl (C=O) groups excluding carboxylic acids is 1. The Morgan fingerprint density at radius 1 is 1.24 bits per heavy atom. The van der Waals surface area contributed by atoms with Crippen LogP contribution in [0.1, 0.15) is 24.8 Å². The van der Waals surface area contributed by atoms with Crippen LogP contribution in [0.5, 0.6) is 0 Å². The summed E-state index contributed by atoms with van der Waals surface area (Å²) in [6.45, 7) is 0.890. The van der Waals surface area contributed by atoms with E-state index in [0.717, 1.165) is 5.56 Å². The Labute approximate surface area is 133 Å². The molecule has 116 valence electrons. The third-order valence-corrected chi connectivity index (χ3v) is 6.34. The van der Waals surface area contributed by atoms with E-state index in [-0.39, 0.29) is 11.8 Å². The van der Waals surface area contributed by atoms with Crippen LogP contribution in [-0.2, 0) is 20.1 Å². The van der Waals surface area contributed by atoms with Gasteiger partial charge in [-0.2, -0.15) is 4.31 Å². The zero-order chi connectivity index (χ0) is 15.5. The van der Waals surface area contributed by atoms with Gasteiger partial charge in [0, 0.05) is 24.8 Å². The van der Waals surface area contributed by atoms with Gasteiger partial charge < -0.3 is 5.73 Å². The van der Waals surface area contributed by atoms with Crippen LogP contribution in [0.2, 0.25) is 0 Å². The van der Waals surface area contributed by atoms with E-state index in [1.165, 1.54) is 4.31 Å². The second-order valence-corrected chi connectivity index (χ2v) is 7.79. The zero-order valence-electron chi connectivity index (χ0n) is 11.7. The minimum atomic E-state index is -3.44. The molecule has 0 aromatic heterocycles. The van der Waals surface area contributed by atoms with Crippen LogP contribution in [0.15, 0.2) is 29.2 Å². The summed E-state index contributed by atoms with van der Waals surface area (Å²) in [7, 11) is -3.44. The molecule has 2 rings (SSSR count). The topological polar surface area (TPSA) is 80.5 Å². The molecular weight excluding hydrogens is 356 g/mol. The molecule has 7 heteroatoms. The Bertz CT molecular complexity index is 593. The van der Waals surface area contributed by atoms with Crippen molar-refractivity contribution >= 4 is 31.9 Å². The third kappa shape index (κ3) is 4.05.